The van der Waals surface area contributed by atoms with E-state index < -0.39 is 0 Å². The summed E-state index contributed by atoms with van der Waals surface area (Å²) in [7, 11) is 0. The summed E-state index contributed by atoms with van der Waals surface area (Å²) in [5.74, 6) is -0.360. The van der Waals surface area contributed by atoms with Crippen molar-refractivity contribution < 1.29 is 9.59 Å². The molecule has 0 atom stereocenters. The Kier molecular flexibility index (Phi) is 5.26. The van der Waals surface area contributed by atoms with Gasteiger partial charge in [0.1, 0.15) is 0 Å². The van der Waals surface area contributed by atoms with Gasteiger partial charge in [0.2, 0.25) is 0 Å². The van der Waals surface area contributed by atoms with E-state index in [1.54, 1.807) is 35.6 Å². The van der Waals surface area contributed by atoms with Gasteiger partial charge in [0.15, 0.2) is 0 Å². The maximum absolute atomic E-state index is 12.3. The number of benzene rings is 2. The molecular weight excluding hydrogens is 332 g/mol. The lowest BCUT2D eigenvalue weighted by atomic mass is 10.1. The second-order valence-corrected chi connectivity index (χ2v) is 6.44. The molecule has 0 bridgehead atoms. The van der Waals surface area contributed by atoms with Crippen LogP contribution in [-0.2, 0) is 6.54 Å². The van der Waals surface area contributed by atoms with E-state index in [2.05, 4.69) is 10.6 Å². The Hall–Kier alpha value is -2.92. The molecule has 126 valence electrons. The first-order chi connectivity index (χ1) is 12.1. The molecule has 0 aliphatic heterocycles. The Morgan fingerprint density at radius 2 is 1.76 bits per heavy atom. The summed E-state index contributed by atoms with van der Waals surface area (Å²) in [4.78, 5) is 24.7. The van der Waals surface area contributed by atoms with Crippen LogP contribution in [0.25, 0.3) is 0 Å². The van der Waals surface area contributed by atoms with E-state index in [1.807, 2.05) is 48.0 Å². The molecule has 5 heteroatoms. The SMILES string of the molecule is Cc1ccc(C(=O)NCc2ccsc2)cc1NC(=O)c1ccccc1. The highest BCUT2D eigenvalue weighted by Crippen LogP contribution is 2.18. The lowest BCUT2D eigenvalue weighted by Crippen LogP contribution is -2.23. The van der Waals surface area contributed by atoms with Gasteiger partial charge in [-0.15, -0.1) is 0 Å². The predicted octanol–water partition coefficient (Wildman–Crippen LogP) is 4.24. The molecule has 2 amide bonds. The molecule has 2 aromatic carbocycles. The summed E-state index contributed by atoms with van der Waals surface area (Å²) in [6, 6.07) is 16.3. The maximum atomic E-state index is 12.3. The standard InChI is InChI=1S/C20H18N2O2S/c1-14-7-8-17(19(23)21-12-15-9-10-25-13-15)11-18(14)22-20(24)16-5-3-2-4-6-16/h2-11,13H,12H2,1H3,(H,21,23)(H,22,24). The molecule has 0 aliphatic rings. The molecule has 25 heavy (non-hydrogen) atoms. The van der Waals surface area contributed by atoms with Crippen LogP contribution in [-0.4, -0.2) is 11.8 Å². The number of thiophene rings is 1. The average molecular weight is 350 g/mol. The van der Waals surface area contributed by atoms with E-state index in [-0.39, 0.29) is 11.8 Å². The summed E-state index contributed by atoms with van der Waals surface area (Å²) in [5.41, 5.74) is 3.71. The Balaban J connectivity index is 1.71. The van der Waals surface area contributed by atoms with Gasteiger partial charge < -0.3 is 10.6 Å². The molecule has 0 aliphatic carbocycles. The third kappa shape index (κ3) is 4.33. The van der Waals surface area contributed by atoms with Gasteiger partial charge in [0.05, 0.1) is 0 Å². The predicted molar refractivity (Wildman–Crippen MR) is 101 cm³/mol. The number of carbonyl (C=O) groups is 2. The Labute approximate surface area is 150 Å². The number of hydrogen-bond acceptors (Lipinski definition) is 3. The number of carbonyl (C=O) groups excluding carboxylic acids is 2. The van der Waals surface area contributed by atoms with Crippen LogP contribution in [0.4, 0.5) is 5.69 Å². The second-order valence-electron chi connectivity index (χ2n) is 5.66. The van der Waals surface area contributed by atoms with Crippen molar-refractivity contribution in [2.75, 3.05) is 5.32 Å². The molecule has 0 spiro atoms. The highest BCUT2D eigenvalue weighted by atomic mass is 32.1. The first-order valence-corrected chi connectivity index (χ1v) is 8.84. The highest BCUT2D eigenvalue weighted by Gasteiger charge is 2.11. The van der Waals surface area contributed by atoms with Gasteiger partial charge in [0, 0.05) is 23.4 Å². The van der Waals surface area contributed by atoms with Crippen molar-refractivity contribution in [3.8, 4) is 0 Å². The molecule has 3 aromatic rings. The van der Waals surface area contributed by atoms with Crippen LogP contribution in [0, 0.1) is 6.92 Å². The van der Waals surface area contributed by atoms with Crippen molar-refractivity contribution >= 4 is 28.8 Å². The van der Waals surface area contributed by atoms with Crippen LogP contribution in [0.2, 0.25) is 0 Å². The van der Waals surface area contributed by atoms with Crippen LogP contribution in [0.15, 0.2) is 65.4 Å². The lowest BCUT2D eigenvalue weighted by Gasteiger charge is -2.11. The zero-order valence-electron chi connectivity index (χ0n) is 13.8. The first-order valence-electron chi connectivity index (χ1n) is 7.90. The van der Waals surface area contributed by atoms with Crippen LogP contribution >= 0.6 is 11.3 Å². The molecule has 0 radical (unpaired) electrons. The van der Waals surface area contributed by atoms with Crippen LogP contribution < -0.4 is 10.6 Å². The van der Waals surface area contributed by atoms with Crippen molar-refractivity contribution in [1.29, 1.82) is 0 Å². The Bertz CT molecular complexity index is 874. The van der Waals surface area contributed by atoms with Gasteiger partial charge >= 0.3 is 0 Å². The first kappa shape index (κ1) is 16.9. The summed E-state index contributed by atoms with van der Waals surface area (Å²) < 4.78 is 0. The van der Waals surface area contributed by atoms with Gasteiger partial charge in [-0.3, -0.25) is 9.59 Å². The number of rotatable bonds is 5. The Morgan fingerprint density at radius 3 is 2.48 bits per heavy atom. The second kappa shape index (κ2) is 7.77. The fourth-order valence-electron chi connectivity index (χ4n) is 2.36. The summed E-state index contributed by atoms with van der Waals surface area (Å²) in [6.07, 6.45) is 0. The van der Waals surface area contributed by atoms with Crippen molar-refractivity contribution in [3.05, 3.63) is 87.6 Å². The number of amides is 2. The minimum Gasteiger partial charge on any atom is -0.348 e. The number of hydrogen-bond donors (Lipinski definition) is 2. The highest BCUT2D eigenvalue weighted by molar-refractivity contribution is 7.07. The van der Waals surface area contributed by atoms with Crippen molar-refractivity contribution in [2.24, 2.45) is 0 Å². The topological polar surface area (TPSA) is 58.2 Å². The summed E-state index contributed by atoms with van der Waals surface area (Å²) in [6.45, 7) is 2.38. The average Bonchev–Trinajstić information content (AvgIpc) is 3.16. The van der Waals surface area contributed by atoms with Gasteiger partial charge in [-0.05, 0) is 59.1 Å². The largest absolute Gasteiger partial charge is 0.348 e. The van der Waals surface area contributed by atoms with Crippen molar-refractivity contribution in [2.45, 2.75) is 13.5 Å². The van der Waals surface area contributed by atoms with Gasteiger partial charge in [-0.1, -0.05) is 24.3 Å². The van der Waals surface area contributed by atoms with E-state index in [0.29, 0.717) is 23.4 Å². The Morgan fingerprint density at radius 1 is 0.960 bits per heavy atom. The van der Waals surface area contributed by atoms with E-state index in [4.69, 9.17) is 0 Å². The number of aryl methyl sites for hydroxylation is 1. The molecule has 1 heterocycles. The fraction of sp³-hybridized carbons (Fsp3) is 0.100. The maximum Gasteiger partial charge on any atom is 0.255 e. The van der Waals surface area contributed by atoms with E-state index in [9.17, 15) is 9.59 Å². The number of nitrogens with one attached hydrogen (secondary N) is 2. The molecule has 0 unspecified atom stereocenters. The smallest absolute Gasteiger partial charge is 0.255 e. The molecule has 4 nitrogen and oxygen atoms in total. The summed E-state index contributed by atoms with van der Waals surface area (Å²) >= 11 is 1.60. The zero-order chi connectivity index (χ0) is 17.6. The third-order valence-electron chi connectivity index (χ3n) is 3.82. The molecule has 3 rings (SSSR count). The normalized spacial score (nSPS) is 10.3. The van der Waals surface area contributed by atoms with Crippen LogP contribution in [0.3, 0.4) is 0 Å². The molecule has 1 aromatic heterocycles. The van der Waals surface area contributed by atoms with Crippen LogP contribution in [0.1, 0.15) is 31.8 Å². The van der Waals surface area contributed by atoms with E-state index in [1.165, 1.54) is 0 Å². The van der Waals surface area contributed by atoms with Gasteiger partial charge in [0.25, 0.3) is 11.8 Å². The molecule has 2 N–H and O–H groups in total. The van der Waals surface area contributed by atoms with Crippen molar-refractivity contribution in [3.63, 3.8) is 0 Å². The minimum absolute atomic E-state index is 0.165. The molecular formula is C20H18N2O2S. The minimum atomic E-state index is -0.195. The van der Waals surface area contributed by atoms with E-state index in [0.717, 1.165) is 11.1 Å². The van der Waals surface area contributed by atoms with Crippen molar-refractivity contribution in [1.82, 2.24) is 5.32 Å². The quantitative estimate of drug-likeness (QED) is 0.723. The number of anilines is 1. The fourth-order valence-corrected chi connectivity index (χ4v) is 3.03. The van der Waals surface area contributed by atoms with Gasteiger partial charge in [-0.25, -0.2) is 0 Å². The monoisotopic (exact) mass is 350 g/mol. The zero-order valence-corrected chi connectivity index (χ0v) is 14.6. The third-order valence-corrected chi connectivity index (χ3v) is 4.55. The summed E-state index contributed by atoms with van der Waals surface area (Å²) in [5, 5.41) is 9.74. The van der Waals surface area contributed by atoms with E-state index >= 15 is 0 Å². The molecule has 0 saturated carbocycles. The molecule has 0 fully saturated rings. The van der Waals surface area contributed by atoms with Crippen LogP contribution in [0.5, 0.6) is 0 Å². The lowest BCUT2D eigenvalue weighted by molar-refractivity contribution is 0.0949. The van der Waals surface area contributed by atoms with Gasteiger partial charge in [-0.2, -0.15) is 11.3 Å². The molecule has 0 saturated heterocycles.